The number of fused-ring (bicyclic) bond motifs is 3. The normalized spacial score (nSPS) is 12.6. The maximum absolute atomic E-state index is 13.9. The second-order valence-corrected chi connectivity index (χ2v) is 13.3. The quantitative estimate of drug-likeness (QED) is 0.0361. The van der Waals surface area contributed by atoms with Crippen LogP contribution in [-0.2, 0) is 25.7 Å². The second-order valence-electron chi connectivity index (χ2n) is 13.3. The van der Waals surface area contributed by atoms with Gasteiger partial charge >= 0.3 is 18.3 Å². The fraction of sp³-hybridized carbons (Fsp3) is 0.275. The molecule has 5 amide bonds. The number of nitro benzene ring substituents is 1. The smallest absolute Gasteiger partial charge is 0.436 e. The SMILES string of the molecule is CC(C)[C@@H](C(=O)N[C@@H](CCCNC(N)=O)C(=O)Nc1ccc(COC(=O)Oc2ccc([N+](=O)[O-])cc2)cc1)N(C)C(=O)OC1c2ccccc2-c2ccccc21. The molecule has 292 valence electrons. The Kier molecular flexibility index (Phi) is 13.2. The summed E-state index contributed by atoms with van der Waals surface area (Å²) in [7, 11) is 1.48. The zero-order chi connectivity index (χ0) is 40.4. The minimum atomic E-state index is -1.08. The molecule has 56 heavy (non-hydrogen) atoms. The van der Waals surface area contributed by atoms with Gasteiger partial charge in [0.25, 0.3) is 5.69 Å². The maximum atomic E-state index is 13.9. The van der Waals surface area contributed by atoms with E-state index in [1.807, 2.05) is 48.5 Å². The van der Waals surface area contributed by atoms with E-state index < -0.39 is 53.2 Å². The number of nitrogens with one attached hydrogen (secondary N) is 3. The van der Waals surface area contributed by atoms with Crippen LogP contribution in [-0.4, -0.2) is 65.6 Å². The van der Waals surface area contributed by atoms with Gasteiger partial charge in [-0.15, -0.1) is 0 Å². The number of carbonyl (C=O) groups is 5. The molecule has 5 N–H and O–H groups in total. The summed E-state index contributed by atoms with van der Waals surface area (Å²) in [4.78, 5) is 76.0. The molecule has 4 aromatic carbocycles. The molecule has 0 radical (unpaired) electrons. The number of nitrogens with zero attached hydrogens (tertiary/aromatic N) is 2. The van der Waals surface area contributed by atoms with E-state index >= 15 is 0 Å². The van der Waals surface area contributed by atoms with E-state index in [1.165, 1.54) is 36.2 Å². The lowest BCUT2D eigenvalue weighted by Crippen LogP contribution is -2.55. The van der Waals surface area contributed by atoms with E-state index in [2.05, 4.69) is 16.0 Å². The minimum absolute atomic E-state index is 0.0680. The lowest BCUT2D eigenvalue weighted by molar-refractivity contribution is -0.384. The molecule has 1 aliphatic rings. The summed E-state index contributed by atoms with van der Waals surface area (Å²) in [6.45, 7) is 3.54. The largest absolute Gasteiger partial charge is 0.514 e. The molecule has 0 saturated heterocycles. The number of rotatable bonds is 15. The molecule has 4 aromatic rings. The molecule has 16 nitrogen and oxygen atoms in total. The summed E-state index contributed by atoms with van der Waals surface area (Å²) in [6.07, 6.45) is -1.99. The van der Waals surface area contributed by atoms with Crippen LogP contribution in [0, 0.1) is 16.0 Å². The third-order valence-corrected chi connectivity index (χ3v) is 9.03. The zero-order valence-corrected chi connectivity index (χ0v) is 30.9. The van der Waals surface area contributed by atoms with Crippen LogP contribution < -0.4 is 26.4 Å². The van der Waals surface area contributed by atoms with Crippen molar-refractivity contribution in [3.05, 3.63) is 124 Å². The third-order valence-electron chi connectivity index (χ3n) is 9.03. The minimum Gasteiger partial charge on any atom is -0.436 e. The lowest BCUT2D eigenvalue weighted by atomic mass is 10.0. The van der Waals surface area contributed by atoms with Crippen LogP contribution >= 0.6 is 0 Å². The number of nitro groups is 1. The Morgan fingerprint density at radius 1 is 0.857 bits per heavy atom. The first-order chi connectivity index (χ1) is 26.8. The van der Waals surface area contributed by atoms with E-state index in [9.17, 15) is 34.1 Å². The molecule has 0 aromatic heterocycles. The number of non-ortho nitro benzene ring substituents is 1. The van der Waals surface area contributed by atoms with Crippen molar-refractivity contribution >= 4 is 41.5 Å². The highest BCUT2D eigenvalue weighted by atomic mass is 16.7. The number of primary amides is 1. The van der Waals surface area contributed by atoms with Gasteiger partial charge in [-0.1, -0.05) is 74.5 Å². The van der Waals surface area contributed by atoms with E-state index in [4.69, 9.17) is 19.9 Å². The number of hydrogen-bond donors (Lipinski definition) is 4. The van der Waals surface area contributed by atoms with Crippen molar-refractivity contribution < 1.29 is 43.1 Å². The van der Waals surface area contributed by atoms with Gasteiger partial charge in [0.1, 0.15) is 24.4 Å². The number of carbonyl (C=O) groups excluding carboxylic acids is 5. The molecule has 0 fully saturated rings. The van der Waals surface area contributed by atoms with Crippen molar-refractivity contribution in [2.75, 3.05) is 18.9 Å². The maximum Gasteiger partial charge on any atom is 0.514 e. The number of ether oxygens (including phenoxy) is 3. The molecule has 0 unspecified atom stereocenters. The Bertz CT molecular complexity index is 2030. The van der Waals surface area contributed by atoms with Crippen molar-refractivity contribution in [3.8, 4) is 16.9 Å². The molecule has 0 saturated carbocycles. The Morgan fingerprint density at radius 3 is 2.04 bits per heavy atom. The molecule has 0 bridgehead atoms. The van der Waals surface area contributed by atoms with Crippen LogP contribution in [0.15, 0.2) is 97.1 Å². The van der Waals surface area contributed by atoms with Crippen LogP contribution in [0.5, 0.6) is 5.75 Å². The number of hydrogen-bond acceptors (Lipinski definition) is 10. The van der Waals surface area contributed by atoms with Gasteiger partial charge < -0.3 is 35.9 Å². The van der Waals surface area contributed by atoms with Crippen molar-refractivity contribution in [2.45, 2.75) is 51.5 Å². The van der Waals surface area contributed by atoms with Crippen molar-refractivity contribution in [3.63, 3.8) is 0 Å². The first-order valence-electron chi connectivity index (χ1n) is 17.8. The Hall–Kier alpha value is -6.97. The highest BCUT2D eigenvalue weighted by Crippen LogP contribution is 2.45. The lowest BCUT2D eigenvalue weighted by Gasteiger charge is -2.32. The number of benzene rings is 4. The van der Waals surface area contributed by atoms with Gasteiger partial charge in [0.15, 0.2) is 6.10 Å². The van der Waals surface area contributed by atoms with Crippen molar-refractivity contribution in [1.82, 2.24) is 15.5 Å². The van der Waals surface area contributed by atoms with Crippen molar-refractivity contribution in [1.29, 1.82) is 0 Å². The Morgan fingerprint density at radius 2 is 1.46 bits per heavy atom. The fourth-order valence-corrected chi connectivity index (χ4v) is 6.32. The van der Waals surface area contributed by atoms with Gasteiger partial charge in [0, 0.05) is 42.5 Å². The van der Waals surface area contributed by atoms with Gasteiger partial charge in [-0.2, -0.15) is 0 Å². The van der Waals surface area contributed by atoms with Crippen LogP contribution in [0.25, 0.3) is 11.1 Å². The van der Waals surface area contributed by atoms with Crippen LogP contribution in [0.4, 0.5) is 25.8 Å². The van der Waals surface area contributed by atoms with E-state index in [1.54, 1.807) is 38.1 Å². The second kappa shape index (κ2) is 18.4. The van der Waals surface area contributed by atoms with Crippen LogP contribution in [0.2, 0.25) is 0 Å². The Balaban J connectivity index is 1.21. The topological polar surface area (TPSA) is 222 Å². The molecule has 2 atom stereocenters. The Labute approximate surface area is 322 Å². The third kappa shape index (κ3) is 10.2. The highest BCUT2D eigenvalue weighted by molar-refractivity contribution is 5.98. The standard InChI is InChI=1S/C40H42N6O10/c1-24(2)34(45(3)39(50)56-35-31-11-6-4-9-29(31)30-10-5-7-12-32(30)35)37(48)44-33(13-8-22-42-38(41)49)36(47)43-26-16-14-25(15-17-26)23-54-40(51)55-28-20-18-27(19-21-28)46(52)53/h4-7,9-12,14-21,24,33-35H,8,13,22-23H2,1-3H3,(H,43,47)(H,44,48)(H3,41,42,49)/t33-,34-/m0/s1. The van der Waals surface area contributed by atoms with Gasteiger partial charge in [-0.25, -0.2) is 14.4 Å². The summed E-state index contributed by atoms with van der Waals surface area (Å²) in [5.74, 6) is -1.45. The molecular weight excluding hydrogens is 724 g/mol. The van der Waals surface area contributed by atoms with Gasteiger partial charge in [-0.05, 0) is 59.7 Å². The first-order valence-corrected chi connectivity index (χ1v) is 17.8. The molecule has 0 aliphatic heterocycles. The zero-order valence-electron chi connectivity index (χ0n) is 30.9. The van der Waals surface area contributed by atoms with Crippen LogP contribution in [0.3, 0.4) is 0 Å². The molecule has 0 spiro atoms. The summed E-state index contributed by atoms with van der Waals surface area (Å²) in [6, 6.07) is 23.8. The predicted molar refractivity (Wildman–Crippen MR) is 204 cm³/mol. The average molecular weight is 767 g/mol. The van der Waals surface area contributed by atoms with E-state index in [-0.39, 0.29) is 43.3 Å². The van der Waals surface area contributed by atoms with Gasteiger partial charge in [0.2, 0.25) is 11.8 Å². The molecule has 1 aliphatic carbocycles. The summed E-state index contributed by atoms with van der Waals surface area (Å²) in [5, 5.41) is 18.8. The molecular formula is C40H42N6O10. The van der Waals surface area contributed by atoms with Crippen molar-refractivity contribution in [2.24, 2.45) is 11.7 Å². The predicted octanol–water partition coefficient (Wildman–Crippen LogP) is 6.05. The summed E-state index contributed by atoms with van der Waals surface area (Å²) >= 11 is 0. The number of anilines is 1. The average Bonchev–Trinajstić information content (AvgIpc) is 3.48. The van der Waals surface area contributed by atoms with E-state index in [0.717, 1.165) is 22.3 Å². The van der Waals surface area contributed by atoms with Crippen LogP contribution in [0.1, 0.15) is 49.5 Å². The summed E-state index contributed by atoms with van der Waals surface area (Å²) in [5.41, 5.74) is 9.57. The number of nitrogens with two attached hydrogens (primary N) is 1. The number of likely N-dealkylation sites (N-methyl/N-ethyl adjacent to an activating group) is 1. The molecule has 0 heterocycles. The number of amides is 5. The summed E-state index contributed by atoms with van der Waals surface area (Å²) < 4.78 is 16.2. The van der Waals surface area contributed by atoms with Gasteiger partial charge in [-0.3, -0.25) is 24.6 Å². The van der Waals surface area contributed by atoms with E-state index in [0.29, 0.717) is 11.3 Å². The first kappa shape index (κ1) is 40.2. The molecule has 5 rings (SSSR count). The number of urea groups is 1. The molecule has 16 heteroatoms. The fourth-order valence-electron chi connectivity index (χ4n) is 6.32. The van der Waals surface area contributed by atoms with Gasteiger partial charge in [0.05, 0.1) is 4.92 Å². The highest BCUT2D eigenvalue weighted by Gasteiger charge is 2.37. The monoisotopic (exact) mass is 766 g/mol.